The summed E-state index contributed by atoms with van der Waals surface area (Å²) in [6.45, 7) is 5.30. The third kappa shape index (κ3) is 2.69. The van der Waals surface area contributed by atoms with Gasteiger partial charge in [0.25, 0.3) is 0 Å². The van der Waals surface area contributed by atoms with E-state index in [1.54, 1.807) is 12.1 Å². The van der Waals surface area contributed by atoms with E-state index in [9.17, 15) is 0 Å². The molecule has 0 amide bonds. The van der Waals surface area contributed by atoms with E-state index in [1.807, 2.05) is 36.7 Å². The normalized spacial score (nSPS) is 10.1. The van der Waals surface area contributed by atoms with Gasteiger partial charge in [0.05, 0.1) is 23.0 Å². The fraction of sp³-hybridized carbons (Fsp3) is 0.286. The maximum absolute atomic E-state index is 8.81. The lowest BCUT2D eigenvalue weighted by Gasteiger charge is -2.07. The van der Waals surface area contributed by atoms with E-state index in [0.717, 1.165) is 17.9 Å². The summed E-state index contributed by atoms with van der Waals surface area (Å²) in [6.07, 6.45) is 0. The molecule has 1 heterocycles. The number of benzene rings is 1. The van der Waals surface area contributed by atoms with Crippen LogP contribution in [0.3, 0.4) is 0 Å². The van der Waals surface area contributed by atoms with Gasteiger partial charge in [-0.1, -0.05) is 6.07 Å². The van der Waals surface area contributed by atoms with E-state index in [0.29, 0.717) is 17.9 Å². The van der Waals surface area contributed by atoms with Crippen LogP contribution in [-0.2, 0) is 13.2 Å². The van der Waals surface area contributed by atoms with Gasteiger partial charge in [0.15, 0.2) is 0 Å². The van der Waals surface area contributed by atoms with E-state index >= 15 is 0 Å². The van der Waals surface area contributed by atoms with Crippen molar-refractivity contribution >= 4 is 0 Å². The van der Waals surface area contributed by atoms with Gasteiger partial charge in [-0.15, -0.1) is 0 Å². The smallest absolute Gasteiger partial charge is 0.130 e. The van der Waals surface area contributed by atoms with Gasteiger partial charge in [0, 0.05) is 6.54 Å². The van der Waals surface area contributed by atoms with Crippen molar-refractivity contribution in [1.29, 1.82) is 5.26 Å². The number of aryl methyl sites for hydroxylation is 2. The van der Waals surface area contributed by atoms with Crippen molar-refractivity contribution in [1.82, 2.24) is 9.78 Å². The van der Waals surface area contributed by atoms with Crippen LogP contribution >= 0.6 is 0 Å². The Kier molecular flexibility index (Phi) is 3.63. The maximum Gasteiger partial charge on any atom is 0.130 e. The molecule has 0 aliphatic carbocycles. The van der Waals surface area contributed by atoms with Crippen LogP contribution in [-0.4, -0.2) is 9.78 Å². The van der Waals surface area contributed by atoms with Crippen LogP contribution in [0.15, 0.2) is 30.3 Å². The number of rotatable bonds is 4. The number of hydrogen-bond acceptors (Lipinski definition) is 3. The van der Waals surface area contributed by atoms with Crippen molar-refractivity contribution < 1.29 is 4.74 Å². The summed E-state index contributed by atoms with van der Waals surface area (Å²) in [4.78, 5) is 0. The zero-order valence-corrected chi connectivity index (χ0v) is 10.6. The second-order valence-corrected chi connectivity index (χ2v) is 4.02. The molecular formula is C14H15N3O. The summed E-state index contributed by atoms with van der Waals surface area (Å²) in [5, 5.41) is 13.2. The Bertz CT molecular complexity index is 581. The molecule has 2 rings (SSSR count). The lowest BCUT2D eigenvalue weighted by Crippen LogP contribution is -2.06. The molecule has 0 spiro atoms. The maximum atomic E-state index is 8.81. The second-order valence-electron chi connectivity index (χ2n) is 4.02. The van der Waals surface area contributed by atoms with Crippen molar-refractivity contribution in [2.45, 2.75) is 27.0 Å². The van der Waals surface area contributed by atoms with Gasteiger partial charge in [-0.05, 0) is 38.1 Å². The molecule has 92 valence electrons. The van der Waals surface area contributed by atoms with E-state index in [2.05, 4.69) is 11.2 Å². The predicted octanol–water partition coefficient (Wildman–Crippen LogP) is 2.66. The summed E-state index contributed by atoms with van der Waals surface area (Å²) < 4.78 is 7.60. The van der Waals surface area contributed by atoms with Crippen LogP contribution in [0.1, 0.15) is 23.9 Å². The quantitative estimate of drug-likeness (QED) is 0.826. The van der Waals surface area contributed by atoms with E-state index in [1.165, 1.54) is 0 Å². The van der Waals surface area contributed by atoms with Gasteiger partial charge in [-0.25, -0.2) is 0 Å². The Morgan fingerprint density at radius 2 is 2.22 bits per heavy atom. The van der Waals surface area contributed by atoms with Gasteiger partial charge < -0.3 is 4.74 Å². The molecule has 4 nitrogen and oxygen atoms in total. The molecule has 0 aliphatic heterocycles. The van der Waals surface area contributed by atoms with Crippen LogP contribution in [0.5, 0.6) is 5.75 Å². The molecular weight excluding hydrogens is 226 g/mol. The highest BCUT2D eigenvalue weighted by Gasteiger charge is 2.05. The second kappa shape index (κ2) is 5.37. The minimum atomic E-state index is 0.462. The largest absolute Gasteiger partial charge is 0.487 e. The van der Waals surface area contributed by atoms with Crippen molar-refractivity contribution in [2.75, 3.05) is 0 Å². The van der Waals surface area contributed by atoms with Crippen LogP contribution in [0.4, 0.5) is 0 Å². The number of nitriles is 1. The summed E-state index contributed by atoms with van der Waals surface area (Å²) in [6, 6.07) is 11.3. The predicted molar refractivity (Wildman–Crippen MR) is 68.1 cm³/mol. The third-order valence-corrected chi connectivity index (χ3v) is 2.63. The first-order chi connectivity index (χ1) is 8.72. The van der Waals surface area contributed by atoms with Crippen LogP contribution in [0, 0.1) is 18.3 Å². The minimum absolute atomic E-state index is 0.462. The molecule has 4 heteroatoms. The zero-order chi connectivity index (χ0) is 13.0. The Balaban J connectivity index is 2.09. The van der Waals surface area contributed by atoms with Crippen molar-refractivity contribution in [3.63, 3.8) is 0 Å². The average Bonchev–Trinajstić information content (AvgIpc) is 2.77. The number of hydrogen-bond donors (Lipinski definition) is 0. The Morgan fingerprint density at radius 3 is 2.94 bits per heavy atom. The fourth-order valence-corrected chi connectivity index (χ4v) is 1.80. The van der Waals surface area contributed by atoms with Gasteiger partial charge >= 0.3 is 0 Å². The molecule has 0 saturated carbocycles. The van der Waals surface area contributed by atoms with Crippen LogP contribution in [0.2, 0.25) is 0 Å². The first-order valence-corrected chi connectivity index (χ1v) is 5.89. The molecule has 1 aromatic heterocycles. The van der Waals surface area contributed by atoms with Gasteiger partial charge in [-0.2, -0.15) is 10.4 Å². The topological polar surface area (TPSA) is 50.8 Å². The van der Waals surface area contributed by atoms with Crippen molar-refractivity contribution in [2.24, 2.45) is 0 Å². The first kappa shape index (κ1) is 12.2. The average molecular weight is 241 g/mol. The summed E-state index contributed by atoms with van der Waals surface area (Å²) >= 11 is 0. The van der Waals surface area contributed by atoms with Crippen molar-refractivity contribution in [3.8, 4) is 11.8 Å². The zero-order valence-electron chi connectivity index (χ0n) is 10.6. The highest BCUT2D eigenvalue weighted by atomic mass is 16.5. The summed E-state index contributed by atoms with van der Waals surface area (Å²) in [5.41, 5.74) is 2.63. The molecule has 2 aromatic rings. The molecule has 0 N–H and O–H groups in total. The SMILES string of the molecule is CCn1nc(C)cc1COc1cccc(C#N)c1. The summed E-state index contributed by atoms with van der Waals surface area (Å²) in [7, 11) is 0. The van der Waals surface area contributed by atoms with E-state index in [4.69, 9.17) is 10.00 Å². The molecule has 1 aromatic carbocycles. The van der Waals surface area contributed by atoms with Gasteiger partial charge in [-0.3, -0.25) is 4.68 Å². The molecule has 0 unspecified atom stereocenters. The van der Waals surface area contributed by atoms with Gasteiger partial charge in [0.2, 0.25) is 0 Å². The standard InChI is InChI=1S/C14H15N3O/c1-3-17-13(7-11(2)16-17)10-18-14-6-4-5-12(8-14)9-15/h4-8H,3,10H2,1-2H3. The van der Waals surface area contributed by atoms with E-state index < -0.39 is 0 Å². The fourth-order valence-electron chi connectivity index (χ4n) is 1.80. The number of aromatic nitrogens is 2. The van der Waals surface area contributed by atoms with Crippen LogP contribution < -0.4 is 4.74 Å². The molecule has 0 fully saturated rings. The lowest BCUT2D eigenvalue weighted by atomic mass is 10.2. The molecule has 0 atom stereocenters. The Labute approximate surface area is 106 Å². The van der Waals surface area contributed by atoms with Crippen molar-refractivity contribution in [3.05, 3.63) is 47.3 Å². The first-order valence-electron chi connectivity index (χ1n) is 5.89. The highest BCUT2D eigenvalue weighted by molar-refractivity contribution is 5.36. The van der Waals surface area contributed by atoms with E-state index in [-0.39, 0.29) is 0 Å². The third-order valence-electron chi connectivity index (χ3n) is 2.63. The monoisotopic (exact) mass is 241 g/mol. The molecule has 0 saturated heterocycles. The minimum Gasteiger partial charge on any atom is -0.487 e. The highest BCUT2D eigenvalue weighted by Crippen LogP contribution is 2.15. The molecule has 0 radical (unpaired) electrons. The summed E-state index contributed by atoms with van der Waals surface area (Å²) in [5.74, 6) is 0.704. The molecule has 0 bridgehead atoms. The molecule has 0 aliphatic rings. The Hall–Kier alpha value is -2.28. The molecule has 18 heavy (non-hydrogen) atoms. The number of ether oxygens (including phenoxy) is 1. The van der Waals surface area contributed by atoms with Gasteiger partial charge in [0.1, 0.15) is 12.4 Å². The number of nitrogens with zero attached hydrogens (tertiary/aromatic N) is 3. The van der Waals surface area contributed by atoms with Crippen LogP contribution in [0.25, 0.3) is 0 Å². The lowest BCUT2D eigenvalue weighted by molar-refractivity contribution is 0.292. The Morgan fingerprint density at radius 1 is 1.39 bits per heavy atom.